The fourth-order valence-corrected chi connectivity index (χ4v) is 4.71. The van der Waals surface area contributed by atoms with Crippen LogP contribution in [-0.2, 0) is 4.74 Å². The number of aromatic nitrogens is 2. The number of nitrogens with one attached hydrogen (secondary N) is 3. The van der Waals surface area contributed by atoms with Gasteiger partial charge in [0.05, 0.1) is 30.3 Å². The average Bonchev–Trinajstić information content (AvgIpc) is 3.30. The molecule has 32 heavy (non-hydrogen) atoms. The molecule has 0 atom stereocenters. The molecule has 1 fully saturated rings. The zero-order valence-corrected chi connectivity index (χ0v) is 18.7. The average molecular weight is 429 g/mol. The number of carbonyl (C=O) groups excluding carboxylic acids is 1. The number of Topliss-reactive ketones (excluding diaryl/α,β-unsaturated/α-hetero) is 1. The molecule has 3 N–H and O–H groups in total. The maximum Gasteiger partial charge on any atom is 0.161 e. The zero-order chi connectivity index (χ0) is 22.2. The van der Waals surface area contributed by atoms with E-state index in [1.165, 1.54) is 5.69 Å². The molecule has 6 heteroatoms. The second-order valence-corrected chi connectivity index (χ2v) is 8.38. The number of hydrogen-bond donors (Lipinski definition) is 3. The highest BCUT2D eigenvalue weighted by atomic mass is 16.5. The normalized spacial score (nSPS) is 14.2. The first kappa shape index (κ1) is 20.4. The molecule has 2 aromatic carbocycles. The van der Waals surface area contributed by atoms with Crippen molar-refractivity contribution in [1.82, 2.24) is 9.97 Å². The van der Waals surface area contributed by atoms with Gasteiger partial charge in [-0.25, -0.2) is 0 Å². The predicted octanol–water partition coefficient (Wildman–Crippen LogP) is 5.56. The molecule has 6 nitrogen and oxygen atoms in total. The predicted molar refractivity (Wildman–Crippen MR) is 130 cm³/mol. The molecule has 0 unspecified atom stereocenters. The second-order valence-electron chi connectivity index (χ2n) is 8.38. The minimum Gasteiger partial charge on any atom is -0.378 e. The molecule has 164 valence electrons. The summed E-state index contributed by atoms with van der Waals surface area (Å²) in [6.45, 7) is 8.86. The number of anilines is 3. The molecule has 1 aliphatic heterocycles. The van der Waals surface area contributed by atoms with E-state index in [1.54, 1.807) is 6.92 Å². The van der Waals surface area contributed by atoms with Crippen LogP contribution in [0.4, 0.5) is 17.1 Å². The van der Waals surface area contributed by atoms with Gasteiger partial charge in [0, 0.05) is 46.6 Å². The number of morpholine rings is 1. The first-order valence-corrected chi connectivity index (χ1v) is 11.0. The molecule has 1 saturated heterocycles. The van der Waals surface area contributed by atoms with E-state index in [-0.39, 0.29) is 5.78 Å². The highest BCUT2D eigenvalue weighted by Gasteiger charge is 2.22. The van der Waals surface area contributed by atoms with Crippen LogP contribution in [0.1, 0.15) is 28.5 Å². The van der Waals surface area contributed by atoms with Crippen molar-refractivity contribution in [2.45, 2.75) is 20.8 Å². The summed E-state index contributed by atoms with van der Waals surface area (Å²) in [6, 6.07) is 16.7. The molecule has 2 aromatic heterocycles. The van der Waals surface area contributed by atoms with E-state index in [9.17, 15) is 4.79 Å². The largest absolute Gasteiger partial charge is 0.378 e. The highest BCUT2D eigenvalue weighted by molar-refractivity contribution is 6.05. The Kier molecular flexibility index (Phi) is 5.23. The second kappa shape index (κ2) is 8.20. The fourth-order valence-electron chi connectivity index (χ4n) is 4.71. The van der Waals surface area contributed by atoms with Gasteiger partial charge in [-0.3, -0.25) is 4.79 Å². The molecule has 0 spiro atoms. The van der Waals surface area contributed by atoms with Crippen LogP contribution in [0.2, 0.25) is 0 Å². The molecule has 0 aliphatic carbocycles. The fraction of sp³-hybridized carbons (Fsp3) is 0.269. The Labute approximate surface area is 187 Å². The Balaban J connectivity index is 1.69. The third-order valence-corrected chi connectivity index (χ3v) is 6.24. The Morgan fingerprint density at radius 3 is 2.44 bits per heavy atom. The Morgan fingerprint density at radius 1 is 1.00 bits per heavy atom. The van der Waals surface area contributed by atoms with E-state index >= 15 is 0 Å². The maximum atomic E-state index is 12.2. The molecule has 0 radical (unpaired) electrons. The summed E-state index contributed by atoms with van der Waals surface area (Å²) in [5.41, 5.74) is 8.76. The molecule has 5 rings (SSSR count). The number of carbonyl (C=O) groups is 1. The first-order valence-electron chi connectivity index (χ1n) is 11.0. The number of hydrogen-bond acceptors (Lipinski definition) is 4. The van der Waals surface area contributed by atoms with Crippen LogP contribution in [0.15, 0.2) is 48.5 Å². The van der Waals surface area contributed by atoms with Gasteiger partial charge in [-0.15, -0.1) is 0 Å². The van der Waals surface area contributed by atoms with Crippen molar-refractivity contribution >= 4 is 33.7 Å². The van der Waals surface area contributed by atoms with Gasteiger partial charge in [0.25, 0.3) is 0 Å². The number of ether oxygens (including phenoxy) is 1. The summed E-state index contributed by atoms with van der Waals surface area (Å²) in [5, 5.41) is 4.74. The lowest BCUT2D eigenvalue weighted by molar-refractivity contribution is 0.101. The summed E-state index contributed by atoms with van der Waals surface area (Å²) < 4.78 is 5.53. The van der Waals surface area contributed by atoms with Gasteiger partial charge < -0.3 is 24.9 Å². The monoisotopic (exact) mass is 428 g/mol. The Bertz CT molecular complexity index is 1280. The summed E-state index contributed by atoms with van der Waals surface area (Å²) >= 11 is 0. The number of ketones is 1. The van der Waals surface area contributed by atoms with Crippen molar-refractivity contribution in [2.24, 2.45) is 0 Å². The van der Waals surface area contributed by atoms with Gasteiger partial charge >= 0.3 is 0 Å². The minimum absolute atomic E-state index is 0.0748. The van der Waals surface area contributed by atoms with Gasteiger partial charge in [-0.05, 0) is 56.7 Å². The SMILES string of the molecule is CC(=O)c1c(C)[nH]c(-c2[nH]c3ccc(N4CCOCC4)cc3c2Nc2ccccc2)c1C. The van der Waals surface area contributed by atoms with Crippen LogP contribution >= 0.6 is 0 Å². The molecule has 4 aromatic rings. The van der Waals surface area contributed by atoms with Crippen molar-refractivity contribution in [1.29, 1.82) is 0 Å². The molecular weight excluding hydrogens is 400 g/mol. The van der Waals surface area contributed by atoms with Crippen LogP contribution in [-0.4, -0.2) is 42.1 Å². The number of para-hydroxylation sites is 1. The maximum absolute atomic E-state index is 12.2. The van der Waals surface area contributed by atoms with E-state index in [1.807, 2.05) is 32.0 Å². The summed E-state index contributed by atoms with van der Waals surface area (Å²) in [4.78, 5) is 21.7. The van der Waals surface area contributed by atoms with Crippen molar-refractivity contribution in [3.63, 3.8) is 0 Å². The number of benzene rings is 2. The molecule has 3 heterocycles. The quantitative estimate of drug-likeness (QED) is 0.364. The van der Waals surface area contributed by atoms with Crippen molar-refractivity contribution < 1.29 is 9.53 Å². The highest BCUT2D eigenvalue weighted by Crippen LogP contribution is 2.40. The molecule has 0 bridgehead atoms. The van der Waals surface area contributed by atoms with Crippen molar-refractivity contribution in [3.05, 3.63) is 65.4 Å². The number of nitrogens with zero attached hydrogens (tertiary/aromatic N) is 1. The lowest BCUT2D eigenvalue weighted by Crippen LogP contribution is -2.36. The summed E-state index contributed by atoms with van der Waals surface area (Å²) in [5.74, 6) is 0.0748. The summed E-state index contributed by atoms with van der Waals surface area (Å²) in [6.07, 6.45) is 0. The number of H-pyrrole nitrogens is 2. The standard InChI is InChI=1S/C26H28N4O2/c1-16-23(18(3)31)17(2)27-24(16)26-25(28-19-7-5-4-6-8-19)21-15-20(9-10-22(21)29-26)30-11-13-32-14-12-30/h4-10,15,27-29H,11-14H2,1-3H3. The van der Waals surface area contributed by atoms with Crippen LogP contribution in [0.5, 0.6) is 0 Å². The number of aromatic amines is 2. The van der Waals surface area contributed by atoms with Gasteiger partial charge in [-0.1, -0.05) is 18.2 Å². The lowest BCUT2D eigenvalue weighted by Gasteiger charge is -2.29. The van der Waals surface area contributed by atoms with Gasteiger partial charge in [-0.2, -0.15) is 0 Å². The van der Waals surface area contributed by atoms with E-state index in [0.717, 1.165) is 76.8 Å². The van der Waals surface area contributed by atoms with E-state index < -0.39 is 0 Å². The van der Waals surface area contributed by atoms with Gasteiger partial charge in [0.15, 0.2) is 5.78 Å². The van der Waals surface area contributed by atoms with Crippen LogP contribution in [0.25, 0.3) is 22.3 Å². The van der Waals surface area contributed by atoms with Crippen LogP contribution in [0.3, 0.4) is 0 Å². The number of rotatable bonds is 5. The molecule has 0 amide bonds. The van der Waals surface area contributed by atoms with E-state index in [2.05, 4.69) is 50.5 Å². The van der Waals surface area contributed by atoms with Gasteiger partial charge in [0.1, 0.15) is 0 Å². The summed E-state index contributed by atoms with van der Waals surface area (Å²) in [7, 11) is 0. The Hall–Kier alpha value is -3.51. The molecular formula is C26H28N4O2. The number of aryl methyl sites for hydroxylation is 1. The molecule has 0 saturated carbocycles. The topological polar surface area (TPSA) is 73.2 Å². The number of fused-ring (bicyclic) bond motifs is 1. The van der Waals surface area contributed by atoms with Crippen molar-refractivity contribution in [3.8, 4) is 11.4 Å². The lowest BCUT2D eigenvalue weighted by atomic mass is 10.0. The zero-order valence-electron chi connectivity index (χ0n) is 18.7. The van der Waals surface area contributed by atoms with E-state index in [4.69, 9.17) is 4.74 Å². The van der Waals surface area contributed by atoms with E-state index in [0.29, 0.717) is 0 Å². The van der Waals surface area contributed by atoms with Crippen LogP contribution < -0.4 is 10.2 Å². The first-order chi connectivity index (χ1) is 15.5. The third-order valence-electron chi connectivity index (χ3n) is 6.24. The van der Waals surface area contributed by atoms with Crippen molar-refractivity contribution in [2.75, 3.05) is 36.5 Å². The van der Waals surface area contributed by atoms with Gasteiger partial charge in [0.2, 0.25) is 0 Å². The Morgan fingerprint density at radius 2 is 1.75 bits per heavy atom. The molecule has 1 aliphatic rings. The third kappa shape index (κ3) is 3.56. The smallest absolute Gasteiger partial charge is 0.161 e. The van der Waals surface area contributed by atoms with Crippen LogP contribution in [0, 0.1) is 13.8 Å². The minimum atomic E-state index is 0.0748.